The van der Waals surface area contributed by atoms with Gasteiger partial charge >= 0.3 is 0 Å². The van der Waals surface area contributed by atoms with E-state index in [-0.39, 0.29) is 16.1 Å². The normalized spacial score (nSPS) is 11.2. The predicted octanol–water partition coefficient (Wildman–Crippen LogP) is 5.26. The van der Waals surface area contributed by atoms with Crippen molar-refractivity contribution in [3.05, 3.63) is 87.6 Å². The summed E-state index contributed by atoms with van der Waals surface area (Å²) in [5.74, 6) is -1.17. The molecule has 0 saturated carbocycles. The Labute approximate surface area is 177 Å². The number of carbonyl (C=O) groups is 1. The Hall–Kier alpha value is -2.71. The summed E-state index contributed by atoms with van der Waals surface area (Å²) in [6.45, 7) is 3.59. The Bertz CT molecular complexity index is 1200. The summed E-state index contributed by atoms with van der Waals surface area (Å²) in [5, 5.41) is 2.46. The molecule has 0 radical (unpaired) electrons. The number of benzene rings is 3. The maximum absolute atomic E-state index is 14.0. The second-order valence-electron chi connectivity index (χ2n) is 6.55. The average Bonchev–Trinajstić information content (AvgIpc) is 2.67. The summed E-state index contributed by atoms with van der Waals surface area (Å²) in [7, 11) is -3.93. The maximum atomic E-state index is 14.0. The SMILES string of the molecule is Cc1ccc(NC(=O)c2cccc(S(=O)(=O)Nc3cc(C)ccc3Br)c2)c(F)c1. The van der Waals surface area contributed by atoms with Crippen molar-refractivity contribution in [2.24, 2.45) is 0 Å². The quantitative estimate of drug-likeness (QED) is 0.527. The van der Waals surface area contributed by atoms with Crippen molar-refractivity contribution < 1.29 is 17.6 Å². The molecule has 0 saturated heterocycles. The fraction of sp³-hybridized carbons (Fsp3) is 0.0952. The molecule has 0 unspecified atom stereocenters. The largest absolute Gasteiger partial charge is 0.319 e. The van der Waals surface area contributed by atoms with Gasteiger partial charge in [-0.05, 0) is 83.4 Å². The molecule has 0 aliphatic rings. The number of carbonyl (C=O) groups excluding carboxylic acids is 1. The molecule has 0 aromatic heterocycles. The summed E-state index contributed by atoms with van der Waals surface area (Å²) in [4.78, 5) is 12.4. The van der Waals surface area contributed by atoms with E-state index in [2.05, 4.69) is 26.0 Å². The van der Waals surface area contributed by atoms with Gasteiger partial charge in [-0.2, -0.15) is 0 Å². The molecule has 3 aromatic rings. The van der Waals surface area contributed by atoms with Crippen LogP contribution in [0.1, 0.15) is 21.5 Å². The van der Waals surface area contributed by atoms with Crippen molar-refractivity contribution in [3.63, 3.8) is 0 Å². The molecule has 3 aromatic carbocycles. The van der Waals surface area contributed by atoms with Gasteiger partial charge in [0.2, 0.25) is 0 Å². The number of anilines is 2. The minimum Gasteiger partial charge on any atom is -0.319 e. The van der Waals surface area contributed by atoms with Crippen molar-refractivity contribution >= 4 is 43.2 Å². The highest BCUT2D eigenvalue weighted by molar-refractivity contribution is 9.10. The molecular weight excluding hydrogens is 459 g/mol. The van der Waals surface area contributed by atoms with Gasteiger partial charge in [-0.3, -0.25) is 9.52 Å². The Balaban J connectivity index is 1.86. The molecule has 5 nitrogen and oxygen atoms in total. The zero-order chi connectivity index (χ0) is 21.2. The first-order valence-corrected chi connectivity index (χ1v) is 10.9. The first-order chi connectivity index (χ1) is 13.7. The van der Waals surface area contributed by atoms with E-state index < -0.39 is 21.7 Å². The number of halogens is 2. The van der Waals surface area contributed by atoms with E-state index in [0.717, 1.165) is 11.1 Å². The zero-order valence-corrected chi connectivity index (χ0v) is 18.1. The van der Waals surface area contributed by atoms with Crippen LogP contribution in [0, 0.1) is 19.7 Å². The molecule has 3 rings (SSSR count). The predicted molar refractivity (Wildman–Crippen MR) is 115 cm³/mol. The third-order valence-electron chi connectivity index (χ3n) is 4.15. The van der Waals surface area contributed by atoms with E-state index in [9.17, 15) is 17.6 Å². The number of nitrogens with one attached hydrogen (secondary N) is 2. The van der Waals surface area contributed by atoms with Crippen molar-refractivity contribution in [1.29, 1.82) is 0 Å². The van der Waals surface area contributed by atoms with Crippen LogP contribution >= 0.6 is 15.9 Å². The Morgan fingerprint density at radius 3 is 2.34 bits per heavy atom. The van der Waals surface area contributed by atoms with Crippen molar-refractivity contribution in [1.82, 2.24) is 0 Å². The summed E-state index contributed by atoms with van der Waals surface area (Å²) >= 11 is 3.32. The van der Waals surface area contributed by atoms with E-state index in [1.54, 1.807) is 25.1 Å². The van der Waals surface area contributed by atoms with Crippen LogP contribution < -0.4 is 10.0 Å². The minimum absolute atomic E-state index is 0.0238. The second-order valence-corrected chi connectivity index (χ2v) is 9.09. The van der Waals surface area contributed by atoms with Gasteiger partial charge in [-0.15, -0.1) is 0 Å². The number of sulfonamides is 1. The fourth-order valence-electron chi connectivity index (χ4n) is 2.64. The average molecular weight is 477 g/mol. The highest BCUT2D eigenvalue weighted by atomic mass is 79.9. The lowest BCUT2D eigenvalue weighted by Crippen LogP contribution is -2.16. The second kappa shape index (κ2) is 8.34. The molecule has 0 aliphatic carbocycles. The van der Waals surface area contributed by atoms with Gasteiger partial charge in [-0.25, -0.2) is 12.8 Å². The van der Waals surface area contributed by atoms with Crippen molar-refractivity contribution in [2.45, 2.75) is 18.7 Å². The van der Waals surface area contributed by atoms with E-state index in [0.29, 0.717) is 10.2 Å². The Morgan fingerprint density at radius 1 is 0.931 bits per heavy atom. The van der Waals surface area contributed by atoms with E-state index in [1.165, 1.54) is 36.4 Å². The van der Waals surface area contributed by atoms with Crippen LogP contribution in [-0.2, 0) is 10.0 Å². The van der Waals surface area contributed by atoms with Gasteiger partial charge in [0.15, 0.2) is 0 Å². The van der Waals surface area contributed by atoms with Gasteiger partial charge in [0.05, 0.1) is 16.3 Å². The highest BCUT2D eigenvalue weighted by Gasteiger charge is 2.18. The van der Waals surface area contributed by atoms with E-state index >= 15 is 0 Å². The molecule has 2 N–H and O–H groups in total. The zero-order valence-electron chi connectivity index (χ0n) is 15.7. The first-order valence-electron chi connectivity index (χ1n) is 8.62. The van der Waals surface area contributed by atoms with Crippen molar-refractivity contribution in [3.8, 4) is 0 Å². The number of rotatable bonds is 5. The van der Waals surface area contributed by atoms with Crippen LogP contribution in [0.15, 0.2) is 70.0 Å². The molecule has 0 fully saturated rings. The van der Waals surface area contributed by atoms with Crippen molar-refractivity contribution in [2.75, 3.05) is 10.0 Å². The molecule has 0 heterocycles. The van der Waals surface area contributed by atoms with Crippen LogP contribution in [0.4, 0.5) is 15.8 Å². The Morgan fingerprint density at radius 2 is 1.62 bits per heavy atom. The molecule has 0 bridgehead atoms. The minimum atomic E-state index is -3.93. The van der Waals surface area contributed by atoms with E-state index in [4.69, 9.17) is 0 Å². The van der Waals surface area contributed by atoms with Crippen LogP contribution in [0.5, 0.6) is 0 Å². The fourth-order valence-corrected chi connectivity index (χ4v) is 4.23. The molecular formula is C21H18BrFN2O3S. The molecule has 29 heavy (non-hydrogen) atoms. The number of aryl methyl sites for hydroxylation is 2. The summed E-state index contributed by atoms with van der Waals surface area (Å²) < 4.78 is 42.6. The smallest absolute Gasteiger partial charge is 0.261 e. The van der Waals surface area contributed by atoms with Crippen LogP contribution in [-0.4, -0.2) is 14.3 Å². The molecule has 150 valence electrons. The molecule has 0 aliphatic heterocycles. The van der Waals surface area contributed by atoms with E-state index in [1.807, 2.05) is 13.0 Å². The van der Waals surface area contributed by atoms with Gasteiger partial charge in [0.1, 0.15) is 5.82 Å². The summed E-state index contributed by atoms with van der Waals surface area (Å²) in [6.07, 6.45) is 0. The lowest BCUT2D eigenvalue weighted by Gasteiger charge is -2.12. The summed E-state index contributed by atoms with van der Waals surface area (Å²) in [6, 6.07) is 15.3. The standard InChI is InChI=1S/C21H18BrFN2O3S/c1-13-7-9-19(18(23)10-13)24-21(26)15-4-3-5-16(12-15)29(27,28)25-20-11-14(2)6-8-17(20)22/h3-12,25H,1-2H3,(H,24,26). The van der Waals surface area contributed by atoms with Gasteiger partial charge in [0.25, 0.3) is 15.9 Å². The topological polar surface area (TPSA) is 75.3 Å². The van der Waals surface area contributed by atoms with Gasteiger partial charge in [0, 0.05) is 10.0 Å². The third kappa shape index (κ3) is 5.02. The molecule has 0 atom stereocenters. The van der Waals surface area contributed by atoms with Crippen LogP contribution in [0.2, 0.25) is 0 Å². The molecule has 0 spiro atoms. The lowest BCUT2D eigenvalue weighted by atomic mass is 10.2. The lowest BCUT2D eigenvalue weighted by molar-refractivity contribution is 0.102. The molecule has 1 amide bonds. The van der Waals surface area contributed by atoms with Crippen LogP contribution in [0.25, 0.3) is 0 Å². The first kappa shape index (κ1) is 21.0. The monoisotopic (exact) mass is 476 g/mol. The summed E-state index contributed by atoms with van der Waals surface area (Å²) in [5.41, 5.74) is 2.12. The third-order valence-corrected chi connectivity index (χ3v) is 6.20. The number of amides is 1. The maximum Gasteiger partial charge on any atom is 0.261 e. The number of hydrogen-bond acceptors (Lipinski definition) is 3. The van der Waals surface area contributed by atoms with Gasteiger partial charge in [-0.1, -0.05) is 18.2 Å². The van der Waals surface area contributed by atoms with Crippen LogP contribution in [0.3, 0.4) is 0 Å². The number of hydrogen-bond donors (Lipinski definition) is 2. The molecule has 8 heteroatoms. The van der Waals surface area contributed by atoms with Gasteiger partial charge < -0.3 is 5.32 Å². The Kier molecular flexibility index (Phi) is 6.04. The highest BCUT2D eigenvalue weighted by Crippen LogP contribution is 2.26.